The number of hydrogen-bond donors (Lipinski definition) is 2. The fraction of sp³-hybridized carbons (Fsp3) is 1.00. The number of rotatable bonds is 1. The molecule has 2 unspecified atom stereocenters. The molecule has 0 radical (unpaired) electrons. The first-order valence-corrected chi connectivity index (χ1v) is 5.54. The van der Waals surface area contributed by atoms with Crippen LogP contribution in [0.25, 0.3) is 0 Å². The Kier molecular flexibility index (Phi) is 3.19. The molecule has 0 bridgehead atoms. The van der Waals surface area contributed by atoms with Crippen molar-refractivity contribution in [3.05, 3.63) is 0 Å². The van der Waals surface area contributed by atoms with Gasteiger partial charge in [-0.1, -0.05) is 0 Å². The first kappa shape index (κ1) is 9.44. The van der Waals surface area contributed by atoms with Gasteiger partial charge in [-0.2, -0.15) is 0 Å². The van der Waals surface area contributed by atoms with Crippen molar-refractivity contribution in [2.45, 2.75) is 31.8 Å². The van der Waals surface area contributed by atoms with Crippen molar-refractivity contribution in [3.8, 4) is 0 Å². The van der Waals surface area contributed by atoms with Gasteiger partial charge in [-0.15, -0.1) is 0 Å². The van der Waals surface area contributed by atoms with Crippen LogP contribution in [0.3, 0.4) is 0 Å². The molecule has 2 aliphatic heterocycles. The van der Waals surface area contributed by atoms with Crippen LogP contribution in [0, 0.1) is 0 Å². The molecule has 0 aromatic carbocycles. The van der Waals surface area contributed by atoms with E-state index in [1.165, 1.54) is 45.6 Å². The van der Waals surface area contributed by atoms with Gasteiger partial charge in [0, 0.05) is 38.3 Å². The van der Waals surface area contributed by atoms with Crippen LogP contribution in [0.1, 0.15) is 19.8 Å². The normalized spacial score (nSPS) is 37.6. The molecule has 2 atom stereocenters. The quantitative estimate of drug-likeness (QED) is 0.601. The Hall–Kier alpha value is -0.120. The van der Waals surface area contributed by atoms with Crippen LogP contribution in [-0.4, -0.2) is 49.7 Å². The molecule has 0 aliphatic carbocycles. The van der Waals surface area contributed by atoms with Crippen LogP contribution in [0.2, 0.25) is 0 Å². The Bertz CT molecular complexity index is 154. The third-order valence-electron chi connectivity index (χ3n) is 3.26. The highest BCUT2D eigenvalue weighted by atomic mass is 15.2. The molecule has 2 aliphatic rings. The van der Waals surface area contributed by atoms with Crippen molar-refractivity contribution in [3.63, 3.8) is 0 Å². The van der Waals surface area contributed by atoms with Crippen LogP contribution in [0.5, 0.6) is 0 Å². The summed E-state index contributed by atoms with van der Waals surface area (Å²) in [6, 6.07) is 1.56. The van der Waals surface area contributed by atoms with E-state index in [0.717, 1.165) is 6.04 Å². The number of piperidine rings is 1. The number of piperazine rings is 1. The average molecular weight is 183 g/mol. The van der Waals surface area contributed by atoms with Crippen LogP contribution in [0.15, 0.2) is 0 Å². The summed E-state index contributed by atoms with van der Waals surface area (Å²) in [7, 11) is 0. The maximum Gasteiger partial charge on any atom is 0.0123 e. The number of nitrogens with one attached hydrogen (secondary N) is 2. The summed E-state index contributed by atoms with van der Waals surface area (Å²) in [5.41, 5.74) is 0. The molecule has 0 aromatic rings. The van der Waals surface area contributed by atoms with Crippen LogP contribution in [-0.2, 0) is 0 Å². The lowest BCUT2D eigenvalue weighted by Crippen LogP contribution is -2.53. The maximum absolute atomic E-state index is 3.51. The average Bonchev–Trinajstić information content (AvgIpc) is 2.19. The van der Waals surface area contributed by atoms with E-state index < -0.39 is 0 Å². The Morgan fingerprint density at radius 1 is 1.15 bits per heavy atom. The zero-order chi connectivity index (χ0) is 9.10. The molecule has 0 amide bonds. The smallest absolute Gasteiger partial charge is 0.0123 e. The molecule has 2 saturated heterocycles. The number of nitrogens with zero attached hydrogens (tertiary/aromatic N) is 1. The topological polar surface area (TPSA) is 27.3 Å². The van der Waals surface area contributed by atoms with Gasteiger partial charge in [0.1, 0.15) is 0 Å². The summed E-state index contributed by atoms with van der Waals surface area (Å²) in [6.07, 6.45) is 2.67. The second kappa shape index (κ2) is 4.40. The van der Waals surface area contributed by atoms with Crippen molar-refractivity contribution in [2.75, 3.05) is 32.7 Å². The summed E-state index contributed by atoms with van der Waals surface area (Å²) in [6.45, 7) is 8.36. The Balaban J connectivity index is 1.83. The van der Waals surface area contributed by atoms with E-state index >= 15 is 0 Å². The van der Waals surface area contributed by atoms with E-state index in [9.17, 15) is 0 Å². The van der Waals surface area contributed by atoms with Gasteiger partial charge in [-0.05, 0) is 26.3 Å². The molecule has 76 valence electrons. The fourth-order valence-electron chi connectivity index (χ4n) is 2.48. The van der Waals surface area contributed by atoms with Gasteiger partial charge in [-0.3, -0.25) is 4.90 Å². The minimum Gasteiger partial charge on any atom is -0.314 e. The highest BCUT2D eigenvalue weighted by molar-refractivity contribution is 4.84. The van der Waals surface area contributed by atoms with E-state index in [2.05, 4.69) is 22.5 Å². The zero-order valence-corrected chi connectivity index (χ0v) is 8.55. The summed E-state index contributed by atoms with van der Waals surface area (Å²) in [5, 5.41) is 6.92. The highest BCUT2D eigenvalue weighted by Crippen LogP contribution is 2.15. The van der Waals surface area contributed by atoms with Gasteiger partial charge in [0.05, 0.1) is 0 Å². The predicted octanol–water partition coefficient (Wildman–Crippen LogP) is 0.0321. The Labute approximate surface area is 80.9 Å². The molecule has 3 nitrogen and oxygen atoms in total. The molecule has 0 spiro atoms. The molecule has 2 N–H and O–H groups in total. The Morgan fingerprint density at radius 3 is 2.62 bits per heavy atom. The third kappa shape index (κ3) is 2.42. The van der Waals surface area contributed by atoms with Gasteiger partial charge < -0.3 is 10.6 Å². The van der Waals surface area contributed by atoms with Crippen molar-refractivity contribution >= 4 is 0 Å². The fourth-order valence-corrected chi connectivity index (χ4v) is 2.48. The van der Waals surface area contributed by atoms with Crippen LogP contribution >= 0.6 is 0 Å². The van der Waals surface area contributed by atoms with Crippen LogP contribution in [0.4, 0.5) is 0 Å². The molecular weight excluding hydrogens is 162 g/mol. The van der Waals surface area contributed by atoms with Gasteiger partial charge in [-0.25, -0.2) is 0 Å². The zero-order valence-electron chi connectivity index (χ0n) is 8.55. The summed E-state index contributed by atoms with van der Waals surface area (Å²) in [5.74, 6) is 0. The lowest BCUT2D eigenvalue weighted by atomic mass is 9.98. The molecule has 13 heavy (non-hydrogen) atoms. The SMILES string of the molecule is CC1CC(N2CCNCC2)CCN1. The molecule has 2 rings (SSSR count). The van der Waals surface area contributed by atoms with Gasteiger partial charge in [0.2, 0.25) is 0 Å². The number of hydrogen-bond acceptors (Lipinski definition) is 3. The predicted molar refractivity (Wildman–Crippen MR) is 54.9 cm³/mol. The largest absolute Gasteiger partial charge is 0.314 e. The molecular formula is C10H21N3. The monoisotopic (exact) mass is 183 g/mol. The second-order valence-electron chi connectivity index (χ2n) is 4.32. The standard InChI is InChI=1S/C10H21N3/c1-9-8-10(2-3-12-9)13-6-4-11-5-7-13/h9-12H,2-8H2,1H3. The van der Waals surface area contributed by atoms with E-state index in [0.29, 0.717) is 6.04 Å². The summed E-state index contributed by atoms with van der Waals surface area (Å²) >= 11 is 0. The highest BCUT2D eigenvalue weighted by Gasteiger charge is 2.24. The van der Waals surface area contributed by atoms with E-state index in [1.54, 1.807) is 0 Å². The van der Waals surface area contributed by atoms with Gasteiger partial charge in [0.25, 0.3) is 0 Å². The minimum atomic E-state index is 0.716. The summed E-state index contributed by atoms with van der Waals surface area (Å²) in [4.78, 5) is 2.66. The van der Waals surface area contributed by atoms with Crippen LogP contribution < -0.4 is 10.6 Å². The Morgan fingerprint density at radius 2 is 1.92 bits per heavy atom. The summed E-state index contributed by atoms with van der Waals surface area (Å²) < 4.78 is 0. The van der Waals surface area contributed by atoms with Gasteiger partial charge in [0.15, 0.2) is 0 Å². The first-order valence-electron chi connectivity index (χ1n) is 5.54. The van der Waals surface area contributed by atoms with Crippen molar-refractivity contribution in [1.82, 2.24) is 15.5 Å². The van der Waals surface area contributed by atoms with E-state index in [4.69, 9.17) is 0 Å². The minimum absolute atomic E-state index is 0.716. The lowest BCUT2D eigenvalue weighted by molar-refractivity contribution is 0.131. The molecule has 2 heterocycles. The van der Waals surface area contributed by atoms with E-state index in [1.807, 2.05) is 0 Å². The maximum atomic E-state index is 3.51. The lowest BCUT2D eigenvalue weighted by Gasteiger charge is -2.39. The van der Waals surface area contributed by atoms with Crippen molar-refractivity contribution in [2.24, 2.45) is 0 Å². The third-order valence-corrected chi connectivity index (χ3v) is 3.26. The van der Waals surface area contributed by atoms with Gasteiger partial charge >= 0.3 is 0 Å². The van der Waals surface area contributed by atoms with Crippen molar-refractivity contribution in [1.29, 1.82) is 0 Å². The molecule has 0 saturated carbocycles. The second-order valence-corrected chi connectivity index (χ2v) is 4.32. The molecule has 2 fully saturated rings. The van der Waals surface area contributed by atoms with E-state index in [-0.39, 0.29) is 0 Å². The van der Waals surface area contributed by atoms with Crippen molar-refractivity contribution < 1.29 is 0 Å². The first-order chi connectivity index (χ1) is 6.36. The molecule has 0 aromatic heterocycles. The molecule has 3 heteroatoms.